The van der Waals surface area contributed by atoms with Crippen molar-refractivity contribution in [3.63, 3.8) is 0 Å². The number of hydrogen-bond acceptors (Lipinski definition) is 25. The maximum Gasteiger partial charge on any atom is 0.341 e. The molecule has 8 N–H and O–H groups in total. The lowest BCUT2D eigenvalue weighted by Gasteiger charge is -2.15. The molecule has 4 aromatic carbocycles. The first-order valence-electron chi connectivity index (χ1n) is 39.8. The molecule has 0 unspecified atom stereocenters. The van der Waals surface area contributed by atoms with Crippen LogP contribution in [0.4, 0.5) is 68.2 Å². The lowest BCUT2D eigenvalue weighted by atomic mass is 10.1. The second kappa shape index (κ2) is 38.4. The zero-order valence-electron chi connectivity index (χ0n) is 73.0. The van der Waals surface area contributed by atoms with Crippen LogP contribution in [-0.2, 0) is 34.6 Å². The Morgan fingerprint density at radius 3 is 0.984 bits per heavy atom. The van der Waals surface area contributed by atoms with Crippen LogP contribution in [0.5, 0.6) is 29.4 Å². The molecule has 0 amide bonds. The van der Waals surface area contributed by atoms with Gasteiger partial charge in [0.05, 0.1) is 118 Å². The van der Waals surface area contributed by atoms with Crippen LogP contribution in [0.3, 0.4) is 0 Å². The molecule has 0 atom stereocenters. The quantitative estimate of drug-likeness (QED) is 0.0187. The van der Waals surface area contributed by atoms with E-state index < -0.39 is 0 Å². The molecular formula is C91H98N28O9. The molecule has 0 bridgehead atoms. The van der Waals surface area contributed by atoms with Crippen LogP contribution in [0.1, 0.15) is 43.8 Å². The zero-order chi connectivity index (χ0) is 91.5. The third kappa shape index (κ3) is 18.8. The van der Waals surface area contributed by atoms with Crippen molar-refractivity contribution < 1.29 is 23.7 Å². The third-order valence-corrected chi connectivity index (χ3v) is 19.8. The van der Waals surface area contributed by atoms with Gasteiger partial charge in [-0.1, -0.05) is 97.7 Å². The molecule has 0 aliphatic rings. The minimum Gasteiger partial charge on any atom is -0.481 e. The molecule has 0 saturated carbocycles. The van der Waals surface area contributed by atoms with Crippen LogP contribution in [-0.4, -0.2) is 130 Å². The maximum atomic E-state index is 13.6. The number of ether oxygens (including phenoxy) is 5. The lowest BCUT2D eigenvalue weighted by Crippen LogP contribution is -2.27. The van der Waals surface area contributed by atoms with Gasteiger partial charge in [0.1, 0.15) is 22.7 Å². The van der Waals surface area contributed by atoms with Gasteiger partial charge in [0.15, 0.2) is 22.6 Å². The number of nitrogens with zero attached hydrogens (tertiary/aromatic N) is 20. The van der Waals surface area contributed by atoms with Crippen molar-refractivity contribution >= 4 is 90.8 Å². The Morgan fingerprint density at radius 1 is 0.375 bits per heavy atom. The number of rotatable bonds is 31. The summed E-state index contributed by atoms with van der Waals surface area (Å²) >= 11 is 0. The Labute approximate surface area is 734 Å². The molecule has 0 aliphatic carbocycles. The molecule has 0 saturated heterocycles. The molecule has 0 fully saturated rings. The van der Waals surface area contributed by atoms with Gasteiger partial charge in [0.25, 0.3) is 23.5 Å². The van der Waals surface area contributed by atoms with Crippen LogP contribution in [0.25, 0.3) is 45.3 Å². The van der Waals surface area contributed by atoms with E-state index in [2.05, 4.69) is 135 Å². The molecule has 12 aromatic heterocycles. The average molecular weight is 1730 g/mol. The van der Waals surface area contributed by atoms with E-state index in [9.17, 15) is 19.2 Å². The van der Waals surface area contributed by atoms with Gasteiger partial charge >= 0.3 is 22.8 Å². The molecule has 128 heavy (non-hydrogen) atoms. The molecular weight excluding hydrogens is 1630 g/mol. The van der Waals surface area contributed by atoms with Crippen LogP contribution in [0.2, 0.25) is 0 Å². The number of aromatic nitrogens is 20. The standard InChI is InChI=1S/C24H27N7O2.C23H25N7O2.C22H23N7O3.C22H23N7O2/c1-7-16(4)26-17-9-8-10-18(11-17)30-14-19(27-20-13-29(5)28-23(20)33-6)22-25-12-21(15(2)3)31(22)24(30)32;1-6-15(3)25-16-9-8-10-18(11-16)29-14-19(26-20-13-28(4)27-22(20)32-5)21-24-12-17(7-2)30(21)23(29)31;1-6-14(2)24-15-8-7-9-16(10-15)28-13-17(25-18-12-27(3)26-21(18)32-5)20-23-11-19(31-4)29(20)22(28)30;1-6-14(2)24-16-8-7-9-17(10-16)28-13-18(20-23-11-15(3)29(20)22(28)30)25-19-12-27(4)26-21(19)31-5/h7-15,26-27H,1,4H2,2-3,5-6H3;6,8-14,25-26H,1,3,7H2,2,4-5H3;6-13,24-25H,1-2H2,3-5H3;6-13,24-25H,1-2H2,3-5H3. The Hall–Kier alpha value is -17.3. The smallest absolute Gasteiger partial charge is 0.341 e. The number of fused-ring (bicyclic) bond motifs is 4. The fourth-order valence-corrected chi connectivity index (χ4v) is 13.7. The van der Waals surface area contributed by atoms with E-state index in [0.717, 1.165) is 39.8 Å². The van der Waals surface area contributed by atoms with Crippen molar-refractivity contribution in [1.82, 2.24) is 94.9 Å². The average Bonchev–Trinajstić information content (AvgIpc) is 1.69. The highest BCUT2D eigenvalue weighted by molar-refractivity contribution is 5.80. The summed E-state index contributed by atoms with van der Waals surface area (Å²) in [5.41, 5.74) is 16.9. The Bertz CT molecular complexity index is 7010. The summed E-state index contributed by atoms with van der Waals surface area (Å²) in [5.74, 6) is 2.16. The van der Waals surface area contributed by atoms with E-state index in [4.69, 9.17) is 23.7 Å². The van der Waals surface area contributed by atoms with E-state index in [1.165, 1.54) is 29.4 Å². The first kappa shape index (κ1) is 88.5. The van der Waals surface area contributed by atoms with E-state index in [0.29, 0.717) is 149 Å². The summed E-state index contributed by atoms with van der Waals surface area (Å²) in [7, 11) is 14.9. The van der Waals surface area contributed by atoms with Gasteiger partial charge in [-0.25, -0.2) is 56.7 Å². The van der Waals surface area contributed by atoms with Crippen LogP contribution in [0.15, 0.2) is 290 Å². The van der Waals surface area contributed by atoms with Crippen molar-refractivity contribution in [3.05, 3.63) is 330 Å². The highest BCUT2D eigenvalue weighted by Crippen LogP contribution is 2.35. The van der Waals surface area contributed by atoms with Crippen molar-refractivity contribution in [2.24, 2.45) is 28.2 Å². The number of benzene rings is 4. The van der Waals surface area contributed by atoms with Gasteiger partial charge in [-0.2, -0.15) is 0 Å². The normalized spacial score (nSPS) is 10.9. The third-order valence-electron chi connectivity index (χ3n) is 19.8. The van der Waals surface area contributed by atoms with Gasteiger partial charge in [0, 0.05) is 128 Å². The molecule has 656 valence electrons. The lowest BCUT2D eigenvalue weighted by molar-refractivity contribution is 0.391. The molecule has 12 heterocycles. The highest BCUT2D eigenvalue weighted by atomic mass is 16.5. The van der Waals surface area contributed by atoms with Gasteiger partial charge in [-0.05, 0) is 116 Å². The predicted molar refractivity (Wildman–Crippen MR) is 502 cm³/mol. The number of allylic oxidation sites excluding steroid dienone is 4. The van der Waals surface area contributed by atoms with Crippen molar-refractivity contribution in [2.75, 3.05) is 78.1 Å². The van der Waals surface area contributed by atoms with E-state index in [1.54, 1.807) is 167 Å². The van der Waals surface area contributed by atoms with Crippen molar-refractivity contribution in [1.29, 1.82) is 0 Å². The van der Waals surface area contributed by atoms with Crippen LogP contribution >= 0.6 is 0 Å². The second-order valence-electron chi connectivity index (χ2n) is 29.1. The summed E-state index contributed by atoms with van der Waals surface area (Å²) in [5, 5.41) is 42.9. The van der Waals surface area contributed by atoms with Gasteiger partial charge in [0.2, 0.25) is 5.88 Å². The van der Waals surface area contributed by atoms with Gasteiger partial charge in [-0.3, -0.25) is 37.0 Å². The number of methoxy groups -OCH3 is 5. The number of aryl methyl sites for hydroxylation is 6. The molecule has 0 spiro atoms. The van der Waals surface area contributed by atoms with Crippen LogP contribution in [0, 0.1) is 6.92 Å². The summed E-state index contributed by atoms with van der Waals surface area (Å²) in [4.78, 5) is 71.6. The SMILES string of the molecule is C=CC(=C)Nc1cccc(-n2cc(Nc3cn(C)nc3OC)c3ncc(C(C)C)n3c2=O)c1.C=CC(=C)Nc1cccc(-n2cc(Nc3cn(C)nc3OC)c3ncc(C)n3c2=O)c1.C=CC(=C)Nc1cccc(-n2cc(Nc3cn(C)nc3OC)c3ncc(CC)n3c2=O)c1.C=CC(=C)Nc1cccc(-n2cc(Nc3cn(C)nc3OC)c3ncc(OC)n3c2=O)c1. The fraction of sp³-hybridized carbons (Fsp3) is 0.165. The maximum absolute atomic E-state index is 13.6. The van der Waals surface area contributed by atoms with Crippen molar-refractivity contribution in [3.8, 4) is 52.1 Å². The molecule has 37 heteroatoms. The monoisotopic (exact) mass is 1730 g/mol. The molecule has 37 nitrogen and oxygen atoms in total. The first-order valence-corrected chi connectivity index (χ1v) is 39.8. The number of imidazole rings is 4. The second-order valence-corrected chi connectivity index (χ2v) is 29.1. The molecule has 16 aromatic rings. The van der Waals surface area contributed by atoms with Gasteiger partial charge in [-0.15, -0.1) is 20.4 Å². The van der Waals surface area contributed by atoms with Gasteiger partial charge < -0.3 is 66.2 Å². The largest absolute Gasteiger partial charge is 0.481 e. The Kier molecular flexibility index (Phi) is 26.6. The predicted octanol–water partition coefficient (Wildman–Crippen LogP) is 14.3. The van der Waals surface area contributed by atoms with E-state index in [1.807, 2.05) is 145 Å². The minimum atomic E-state index is -0.335. The molecule has 0 aliphatic heterocycles. The molecule has 16 rings (SSSR count). The van der Waals surface area contributed by atoms with Crippen LogP contribution < -0.4 is 89.0 Å². The number of anilines is 12. The summed E-state index contributed by atoms with van der Waals surface area (Å²) < 4.78 is 45.8. The minimum absolute atomic E-state index is 0.105. The number of hydrogen-bond donors (Lipinski definition) is 8. The number of nitrogens with one attached hydrogen (secondary N) is 8. The summed E-state index contributed by atoms with van der Waals surface area (Å²) in [6.45, 7) is 38.2. The Balaban J connectivity index is 0.000000146. The fourth-order valence-electron chi connectivity index (χ4n) is 13.7. The first-order chi connectivity index (χ1) is 61.6. The summed E-state index contributed by atoms with van der Waals surface area (Å²) in [6.07, 6.45) is 27.9. The summed E-state index contributed by atoms with van der Waals surface area (Å²) in [6, 6.07) is 29.9. The topological polar surface area (TPSA) is 371 Å². The highest BCUT2D eigenvalue weighted by Gasteiger charge is 2.25. The molecule has 0 radical (unpaired) electrons. The van der Waals surface area contributed by atoms with E-state index in [-0.39, 0.29) is 28.7 Å². The zero-order valence-corrected chi connectivity index (χ0v) is 73.0. The van der Waals surface area contributed by atoms with Crippen molar-refractivity contribution in [2.45, 2.75) is 40.0 Å². The van der Waals surface area contributed by atoms with E-state index >= 15 is 0 Å². The Morgan fingerprint density at radius 2 is 0.664 bits per heavy atom.